The molecular formula is C16H23NO3. The van der Waals surface area contributed by atoms with Gasteiger partial charge in [0, 0.05) is 31.7 Å². The average molecular weight is 277 g/mol. The van der Waals surface area contributed by atoms with Gasteiger partial charge in [-0.05, 0) is 50.2 Å². The predicted octanol–water partition coefficient (Wildman–Crippen LogP) is 2.40. The van der Waals surface area contributed by atoms with E-state index >= 15 is 0 Å². The van der Waals surface area contributed by atoms with E-state index in [0.29, 0.717) is 0 Å². The molecule has 2 atom stereocenters. The number of hydrogen-bond donors (Lipinski definition) is 1. The maximum atomic E-state index is 10.6. The molecule has 3 rings (SSSR count). The van der Waals surface area contributed by atoms with Crippen molar-refractivity contribution in [3.8, 4) is 0 Å². The fraction of sp³-hybridized carbons (Fsp3) is 0.688. The first-order valence-corrected chi connectivity index (χ1v) is 7.51. The van der Waals surface area contributed by atoms with Crippen molar-refractivity contribution in [1.29, 1.82) is 0 Å². The lowest BCUT2D eigenvalue weighted by atomic mass is 9.77. The second-order valence-corrected chi connectivity index (χ2v) is 6.07. The highest BCUT2D eigenvalue weighted by Gasteiger charge is 2.41. The van der Waals surface area contributed by atoms with Gasteiger partial charge in [-0.15, -0.1) is 0 Å². The quantitative estimate of drug-likeness (QED) is 0.902. The third kappa shape index (κ3) is 2.87. The molecule has 0 saturated carbocycles. The third-order valence-electron chi connectivity index (χ3n) is 4.66. The van der Waals surface area contributed by atoms with Crippen molar-refractivity contribution in [2.45, 2.75) is 44.3 Å². The molecule has 110 valence electrons. The van der Waals surface area contributed by atoms with Crippen molar-refractivity contribution in [1.82, 2.24) is 4.98 Å². The summed E-state index contributed by atoms with van der Waals surface area (Å²) >= 11 is 0. The molecule has 4 nitrogen and oxygen atoms in total. The highest BCUT2D eigenvalue weighted by Crippen LogP contribution is 2.41. The Bertz CT molecular complexity index is 434. The molecule has 3 heterocycles. The minimum absolute atomic E-state index is 0.0692. The summed E-state index contributed by atoms with van der Waals surface area (Å²) < 4.78 is 11.5. The van der Waals surface area contributed by atoms with Gasteiger partial charge in [0.25, 0.3) is 0 Å². The summed E-state index contributed by atoms with van der Waals surface area (Å²) in [6.07, 6.45) is 5.09. The van der Waals surface area contributed by atoms with Gasteiger partial charge in [-0.1, -0.05) is 6.07 Å². The summed E-state index contributed by atoms with van der Waals surface area (Å²) in [4.78, 5) is 4.29. The van der Waals surface area contributed by atoms with Crippen LogP contribution >= 0.6 is 0 Å². The standard InChI is InChI=1S/C16H23NO3/c1-12-2-3-14(11-17-12)15(18)13-4-7-20-16(10-13)5-8-19-9-6-16/h2-3,11,13,15,18H,4-10H2,1H3. The molecule has 1 aromatic heterocycles. The first-order chi connectivity index (χ1) is 9.69. The zero-order valence-corrected chi connectivity index (χ0v) is 12.0. The normalized spacial score (nSPS) is 27.4. The summed E-state index contributed by atoms with van der Waals surface area (Å²) in [5, 5.41) is 10.6. The molecule has 2 unspecified atom stereocenters. The molecule has 2 aliphatic rings. The second-order valence-electron chi connectivity index (χ2n) is 6.07. The number of aliphatic hydroxyl groups is 1. The Labute approximate surface area is 120 Å². The van der Waals surface area contributed by atoms with E-state index in [4.69, 9.17) is 9.47 Å². The number of nitrogens with zero attached hydrogens (tertiary/aromatic N) is 1. The van der Waals surface area contributed by atoms with Crippen LogP contribution in [0.1, 0.15) is 43.0 Å². The van der Waals surface area contributed by atoms with Crippen LogP contribution in [-0.4, -0.2) is 35.5 Å². The van der Waals surface area contributed by atoms with Crippen LogP contribution in [0.2, 0.25) is 0 Å². The summed E-state index contributed by atoms with van der Waals surface area (Å²) in [7, 11) is 0. The lowest BCUT2D eigenvalue weighted by Gasteiger charge is -2.44. The molecule has 1 N–H and O–H groups in total. The number of hydrogen-bond acceptors (Lipinski definition) is 4. The Hall–Kier alpha value is -0.970. The summed E-state index contributed by atoms with van der Waals surface area (Å²) in [6, 6.07) is 3.95. The van der Waals surface area contributed by atoms with Crippen molar-refractivity contribution >= 4 is 0 Å². The van der Waals surface area contributed by atoms with Crippen LogP contribution in [0, 0.1) is 12.8 Å². The number of aliphatic hydroxyl groups excluding tert-OH is 1. The maximum Gasteiger partial charge on any atom is 0.0834 e. The summed E-state index contributed by atoms with van der Waals surface area (Å²) in [5.74, 6) is 0.256. The van der Waals surface area contributed by atoms with Crippen LogP contribution in [0.4, 0.5) is 0 Å². The van der Waals surface area contributed by atoms with Crippen molar-refractivity contribution in [3.63, 3.8) is 0 Å². The molecule has 2 saturated heterocycles. The van der Waals surface area contributed by atoms with Crippen LogP contribution in [0.25, 0.3) is 0 Å². The second kappa shape index (κ2) is 5.80. The van der Waals surface area contributed by atoms with Crippen molar-refractivity contribution < 1.29 is 14.6 Å². The van der Waals surface area contributed by atoms with Gasteiger partial charge in [-0.25, -0.2) is 0 Å². The molecular weight excluding hydrogens is 254 g/mol. The molecule has 0 radical (unpaired) electrons. The summed E-state index contributed by atoms with van der Waals surface area (Å²) in [5.41, 5.74) is 1.83. The zero-order chi connectivity index (χ0) is 14.0. The van der Waals surface area contributed by atoms with Crippen molar-refractivity contribution in [3.05, 3.63) is 29.6 Å². The lowest BCUT2D eigenvalue weighted by molar-refractivity contribution is -0.159. The van der Waals surface area contributed by atoms with Gasteiger partial charge in [-0.2, -0.15) is 0 Å². The molecule has 0 aliphatic carbocycles. The Morgan fingerprint density at radius 1 is 1.30 bits per heavy atom. The number of aryl methyl sites for hydroxylation is 1. The van der Waals surface area contributed by atoms with E-state index in [1.54, 1.807) is 6.20 Å². The van der Waals surface area contributed by atoms with Crippen LogP contribution in [0.5, 0.6) is 0 Å². The molecule has 2 aliphatic heterocycles. The van der Waals surface area contributed by atoms with Crippen LogP contribution in [0.15, 0.2) is 18.3 Å². The van der Waals surface area contributed by atoms with E-state index in [1.807, 2.05) is 19.1 Å². The van der Waals surface area contributed by atoms with Crippen LogP contribution in [-0.2, 0) is 9.47 Å². The van der Waals surface area contributed by atoms with Crippen molar-refractivity contribution in [2.75, 3.05) is 19.8 Å². The molecule has 0 aromatic carbocycles. The van der Waals surface area contributed by atoms with E-state index in [2.05, 4.69) is 4.98 Å². The minimum Gasteiger partial charge on any atom is -0.388 e. The SMILES string of the molecule is Cc1ccc(C(O)C2CCOC3(CCOCC3)C2)cn1. The fourth-order valence-corrected chi connectivity index (χ4v) is 3.35. The van der Waals surface area contributed by atoms with E-state index in [9.17, 15) is 5.11 Å². The largest absolute Gasteiger partial charge is 0.388 e. The average Bonchev–Trinajstić information content (AvgIpc) is 2.48. The fourth-order valence-electron chi connectivity index (χ4n) is 3.35. The van der Waals surface area contributed by atoms with Gasteiger partial charge in [0.2, 0.25) is 0 Å². The molecule has 20 heavy (non-hydrogen) atoms. The highest BCUT2D eigenvalue weighted by molar-refractivity contribution is 5.17. The number of ether oxygens (including phenoxy) is 2. The van der Waals surface area contributed by atoms with Gasteiger partial charge in [0.1, 0.15) is 0 Å². The first-order valence-electron chi connectivity index (χ1n) is 7.51. The molecule has 0 bridgehead atoms. The highest BCUT2D eigenvalue weighted by atomic mass is 16.5. The maximum absolute atomic E-state index is 10.6. The van der Waals surface area contributed by atoms with Gasteiger partial charge in [-0.3, -0.25) is 4.98 Å². The predicted molar refractivity (Wildman–Crippen MR) is 75.4 cm³/mol. The van der Waals surface area contributed by atoms with Gasteiger partial charge < -0.3 is 14.6 Å². The Morgan fingerprint density at radius 3 is 2.80 bits per heavy atom. The van der Waals surface area contributed by atoms with E-state index < -0.39 is 6.10 Å². The Kier molecular flexibility index (Phi) is 4.06. The Balaban J connectivity index is 1.71. The molecule has 1 aromatic rings. The molecule has 4 heteroatoms. The van der Waals surface area contributed by atoms with Gasteiger partial charge >= 0.3 is 0 Å². The molecule has 1 spiro atoms. The molecule has 0 amide bonds. The first kappa shape index (κ1) is 14.0. The zero-order valence-electron chi connectivity index (χ0n) is 12.0. The van der Waals surface area contributed by atoms with Crippen LogP contribution in [0.3, 0.4) is 0 Å². The number of pyridine rings is 1. The van der Waals surface area contributed by atoms with E-state index in [-0.39, 0.29) is 11.5 Å². The number of rotatable bonds is 2. The summed E-state index contributed by atoms with van der Waals surface area (Å²) in [6.45, 7) is 4.24. The van der Waals surface area contributed by atoms with Gasteiger partial charge in [0.15, 0.2) is 0 Å². The van der Waals surface area contributed by atoms with Gasteiger partial charge in [0.05, 0.1) is 11.7 Å². The van der Waals surface area contributed by atoms with Crippen LogP contribution < -0.4 is 0 Å². The topological polar surface area (TPSA) is 51.6 Å². The monoisotopic (exact) mass is 277 g/mol. The molecule has 2 fully saturated rings. The number of aromatic nitrogens is 1. The third-order valence-corrected chi connectivity index (χ3v) is 4.66. The van der Waals surface area contributed by atoms with E-state index in [1.165, 1.54) is 0 Å². The smallest absolute Gasteiger partial charge is 0.0834 e. The minimum atomic E-state index is -0.438. The lowest BCUT2D eigenvalue weighted by Crippen LogP contribution is -2.45. The van der Waals surface area contributed by atoms with Crippen molar-refractivity contribution in [2.24, 2.45) is 5.92 Å². The van der Waals surface area contributed by atoms with E-state index in [0.717, 1.165) is 56.8 Å². The Morgan fingerprint density at radius 2 is 2.10 bits per heavy atom.